The topological polar surface area (TPSA) is 49.3 Å². The van der Waals surface area contributed by atoms with Crippen LogP contribution < -0.4 is 5.32 Å². The predicted octanol–water partition coefficient (Wildman–Crippen LogP) is 3.06. The summed E-state index contributed by atoms with van der Waals surface area (Å²) >= 11 is 1.54. The Morgan fingerprint density at radius 1 is 1.40 bits per heavy atom. The van der Waals surface area contributed by atoms with Gasteiger partial charge in [-0.25, -0.2) is 0 Å². The van der Waals surface area contributed by atoms with Crippen molar-refractivity contribution in [1.29, 1.82) is 0 Å². The predicted molar refractivity (Wildman–Crippen MR) is 85.2 cm³/mol. The zero-order chi connectivity index (χ0) is 15.2. The summed E-state index contributed by atoms with van der Waals surface area (Å²) in [6.07, 6.45) is 1.59. The summed E-state index contributed by atoms with van der Waals surface area (Å²) in [5.41, 5.74) is 1.57. The lowest BCUT2D eigenvalue weighted by molar-refractivity contribution is -0.119. The molecule has 1 amide bonds. The van der Waals surface area contributed by atoms with E-state index in [2.05, 4.69) is 23.5 Å². The molecular weight excluding hydrogens is 270 g/mol. The van der Waals surface area contributed by atoms with E-state index in [-0.39, 0.29) is 5.91 Å². The van der Waals surface area contributed by atoms with Gasteiger partial charge >= 0.3 is 0 Å². The second-order valence-corrected chi connectivity index (χ2v) is 6.60. The van der Waals surface area contributed by atoms with E-state index < -0.39 is 5.60 Å². The van der Waals surface area contributed by atoms with Gasteiger partial charge in [0, 0.05) is 11.4 Å². The molecule has 1 aromatic carbocycles. The van der Waals surface area contributed by atoms with E-state index in [0.717, 1.165) is 11.3 Å². The van der Waals surface area contributed by atoms with Gasteiger partial charge in [0.2, 0.25) is 5.91 Å². The van der Waals surface area contributed by atoms with Gasteiger partial charge < -0.3 is 10.4 Å². The van der Waals surface area contributed by atoms with Gasteiger partial charge in [-0.2, -0.15) is 0 Å². The summed E-state index contributed by atoms with van der Waals surface area (Å²) < 4.78 is 0. The number of carbonyl (C=O) groups excluding carboxylic acids is 1. The summed E-state index contributed by atoms with van der Waals surface area (Å²) in [5.74, 6) is 0.347. The number of aryl methyl sites for hydroxylation is 2. The highest BCUT2D eigenvalue weighted by Crippen LogP contribution is 2.23. The van der Waals surface area contributed by atoms with Crippen LogP contribution in [0.2, 0.25) is 0 Å². The fourth-order valence-corrected chi connectivity index (χ4v) is 2.93. The Morgan fingerprint density at radius 2 is 2.10 bits per heavy atom. The largest absolute Gasteiger partial charge is 0.388 e. The third-order valence-corrected chi connectivity index (χ3v) is 4.31. The minimum atomic E-state index is -0.811. The fraction of sp³-hybridized carbons (Fsp3) is 0.562. The second kappa shape index (κ2) is 7.70. The highest BCUT2D eigenvalue weighted by molar-refractivity contribution is 8.00. The number of hydrogen-bond acceptors (Lipinski definition) is 3. The van der Waals surface area contributed by atoms with Gasteiger partial charge in [-0.3, -0.25) is 4.79 Å². The Bertz CT molecular complexity index is 458. The summed E-state index contributed by atoms with van der Waals surface area (Å²) in [5, 5.41) is 12.8. The molecule has 2 N–H and O–H groups in total. The van der Waals surface area contributed by atoms with Gasteiger partial charge in [0.1, 0.15) is 0 Å². The molecule has 4 heteroatoms. The molecule has 0 aliphatic rings. The minimum Gasteiger partial charge on any atom is -0.388 e. The first-order valence-electron chi connectivity index (χ1n) is 7.03. The van der Waals surface area contributed by atoms with Gasteiger partial charge in [0.25, 0.3) is 0 Å². The van der Waals surface area contributed by atoms with Crippen molar-refractivity contribution in [3.63, 3.8) is 0 Å². The number of carbonyl (C=O) groups is 1. The smallest absolute Gasteiger partial charge is 0.230 e. The van der Waals surface area contributed by atoms with Crippen LogP contribution in [0.25, 0.3) is 0 Å². The summed E-state index contributed by atoms with van der Waals surface area (Å²) in [6.45, 7) is 8.19. The lowest BCUT2D eigenvalue weighted by Crippen LogP contribution is -2.41. The second-order valence-electron chi connectivity index (χ2n) is 5.58. The van der Waals surface area contributed by atoms with E-state index in [0.29, 0.717) is 18.7 Å². The number of hydrogen-bond donors (Lipinski definition) is 2. The van der Waals surface area contributed by atoms with Crippen molar-refractivity contribution < 1.29 is 9.90 Å². The molecule has 0 aromatic heterocycles. The van der Waals surface area contributed by atoms with Crippen molar-refractivity contribution in [1.82, 2.24) is 5.32 Å². The highest BCUT2D eigenvalue weighted by atomic mass is 32.2. The molecule has 1 aromatic rings. The normalized spacial score (nSPS) is 13.8. The van der Waals surface area contributed by atoms with Crippen molar-refractivity contribution in [3.05, 3.63) is 29.3 Å². The van der Waals surface area contributed by atoms with E-state index >= 15 is 0 Å². The quantitative estimate of drug-likeness (QED) is 0.760. The molecule has 0 spiro atoms. The van der Waals surface area contributed by atoms with Crippen LogP contribution in [0.5, 0.6) is 0 Å². The van der Waals surface area contributed by atoms with Crippen molar-refractivity contribution in [2.24, 2.45) is 0 Å². The molecule has 0 saturated heterocycles. The molecule has 112 valence electrons. The van der Waals surface area contributed by atoms with Crippen LogP contribution >= 0.6 is 11.8 Å². The monoisotopic (exact) mass is 295 g/mol. The Kier molecular flexibility index (Phi) is 6.56. The standard InChI is InChI=1S/C16H25NO2S/c1-5-8-16(4,19)11-17-15(18)10-20-14-9-12(2)6-7-13(14)3/h6-7,9,19H,5,8,10-11H2,1-4H3,(H,17,18). The number of nitrogens with one attached hydrogen (secondary N) is 1. The van der Waals surface area contributed by atoms with Gasteiger partial charge in [-0.1, -0.05) is 31.0 Å². The van der Waals surface area contributed by atoms with Crippen molar-refractivity contribution in [3.8, 4) is 0 Å². The molecule has 0 aliphatic heterocycles. The van der Waals surface area contributed by atoms with Crippen molar-refractivity contribution in [2.75, 3.05) is 12.3 Å². The number of aliphatic hydroxyl groups is 1. The van der Waals surface area contributed by atoms with E-state index in [4.69, 9.17) is 0 Å². The van der Waals surface area contributed by atoms with Gasteiger partial charge in [0.05, 0.1) is 11.4 Å². The molecule has 0 radical (unpaired) electrons. The van der Waals surface area contributed by atoms with Crippen LogP contribution in [0.4, 0.5) is 0 Å². The van der Waals surface area contributed by atoms with Crippen LogP contribution in [0.15, 0.2) is 23.1 Å². The number of benzene rings is 1. The molecule has 1 atom stereocenters. The SMILES string of the molecule is CCCC(C)(O)CNC(=O)CSc1cc(C)ccc1C. The summed E-state index contributed by atoms with van der Waals surface area (Å²) in [4.78, 5) is 13.0. The third kappa shape index (κ3) is 5.97. The first-order valence-corrected chi connectivity index (χ1v) is 8.02. The molecular formula is C16H25NO2S. The van der Waals surface area contributed by atoms with Crippen LogP contribution in [-0.4, -0.2) is 28.9 Å². The summed E-state index contributed by atoms with van der Waals surface area (Å²) in [6, 6.07) is 6.24. The minimum absolute atomic E-state index is 0.0349. The van der Waals surface area contributed by atoms with Gasteiger partial charge in [-0.15, -0.1) is 11.8 Å². The van der Waals surface area contributed by atoms with Crippen LogP contribution in [0, 0.1) is 13.8 Å². The average Bonchev–Trinajstić information content (AvgIpc) is 2.37. The third-order valence-electron chi connectivity index (χ3n) is 3.16. The molecule has 1 rings (SSSR count). The van der Waals surface area contributed by atoms with E-state index in [1.807, 2.05) is 20.8 Å². The summed E-state index contributed by atoms with van der Waals surface area (Å²) in [7, 11) is 0. The van der Waals surface area contributed by atoms with Crippen LogP contribution in [-0.2, 0) is 4.79 Å². The van der Waals surface area contributed by atoms with Gasteiger partial charge in [0.15, 0.2) is 0 Å². The Morgan fingerprint density at radius 3 is 2.75 bits per heavy atom. The van der Waals surface area contributed by atoms with Gasteiger partial charge in [-0.05, 0) is 38.8 Å². The van der Waals surface area contributed by atoms with Crippen LogP contribution in [0.1, 0.15) is 37.8 Å². The Balaban J connectivity index is 2.42. The Labute approximate surface area is 126 Å². The molecule has 20 heavy (non-hydrogen) atoms. The maximum Gasteiger partial charge on any atom is 0.230 e. The van der Waals surface area contributed by atoms with Crippen LogP contribution in [0.3, 0.4) is 0 Å². The van der Waals surface area contributed by atoms with E-state index in [1.165, 1.54) is 22.9 Å². The lowest BCUT2D eigenvalue weighted by Gasteiger charge is -2.22. The molecule has 1 unspecified atom stereocenters. The van der Waals surface area contributed by atoms with Crippen molar-refractivity contribution >= 4 is 17.7 Å². The molecule has 0 fully saturated rings. The van der Waals surface area contributed by atoms with Crippen molar-refractivity contribution in [2.45, 2.75) is 51.0 Å². The van der Waals surface area contributed by atoms with E-state index in [9.17, 15) is 9.90 Å². The highest BCUT2D eigenvalue weighted by Gasteiger charge is 2.19. The fourth-order valence-electron chi connectivity index (χ4n) is 1.97. The number of amides is 1. The zero-order valence-electron chi connectivity index (χ0n) is 12.8. The molecule has 0 heterocycles. The van der Waals surface area contributed by atoms with E-state index in [1.54, 1.807) is 6.92 Å². The average molecular weight is 295 g/mol. The molecule has 3 nitrogen and oxygen atoms in total. The zero-order valence-corrected chi connectivity index (χ0v) is 13.6. The molecule has 0 aliphatic carbocycles. The molecule has 0 saturated carbocycles. The first-order chi connectivity index (χ1) is 9.34. The number of thioether (sulfide) groups is 1. The molecule has 0 bridgehead atoms. The number of rotatable bonds is 7. The maximum absolute atomic E-state index is 11.8. The lowest BCUT2D eigenvalue weighted by atomic mass is 10.0. The maximum atomic E-state index is 11.8. The Hall–Kier alpha value is -1.00. The first kappa shape index (κ1) is 17.1.